The van der Waals surface area contributed by atoms with Gasteiger partial charge in [-0.05, 0) is 13.3 Å². The summed E-state index contributed by atoms with van der Waals surface area (Å²) in [5, 5.41) is 0. The molecule has 0 heterocycles. The van der Waals surface area contributed by atoms with Crippen molar-refractivity contribution in [1.29, 1.82) is 0 Å². The molecular weight excluding hydrogens is 416 g/mol. The van der Waals surface area contributed by atoms with Gasteiger partial charge >= 0.3 is 45.8 Å². The van der Waals surface area contributed by atoms with E-state index in [9.17, 15) is 14.4 Å². The number of carbonyl (C=O) groups is 3. The van der Waals surface area contributed by atoms with Gasteiger partial charge in [-0.3, -0.25) is 14.4 Å². The summed E-state index contributed by atoms with van der Waals surface area (Å²) in [6.07, 6.45) is 7.07. The van der Waals surface area contributed by atoms with Gasteiger partial charge in [0, 0.05) is 17.1 Å². The molecule has 1 radical (unpaired) electrons. The second-order valence-corrected chi connectivity index (χ2v) is 3.83. The standard InChI is InChI=1S/C15H20O6.3CO.Fe/c1-5-8-11(9-7-10-12(16)21-6-2)13(14(17)19-3)15(18)20-4;3*1-2;/h5,7-11,13H,1,6H2,2-4H3;;;;/q-1;;;;/b10-7+;;;;/t11-;;;;/m0..../s1. The maximum atomic E-state index is 11.7. The molecule has 0 aliphatic carbocycles. The molecule has 0 aliphatic heterocycles. The molecule has 0 aromatic heterocycles. The zero-order valence-corrected chi connectivity index (χ0v) is 16.6. The normalized spacial score (nSPS) is 9.07. The van der Waals surface area contributed by atoms with Crippen molar-refractivity contribution in [2.75, 3.05) is 20.8 Å². The Hall–Kier alpha value is -2.50. The Labute approximate surface area is 175 Å². The van der Waals surface area contributed by atoms with Gasteiger partial charge in [0.15, 0.2) is 0 Å². The minimum Gasteiger partial charge on any atom is 0 e. The summed E-state index contributed by atoms with van der Waals surface area (Å²) < 4.78 is 36.4. The van der Waals surface area contributed by atoms with Gasteiger partial charge in [-0.1, -0.05) is 12.0 Å². The molecule has 1 atom stereocenters. The molecule has 10 heteroatoms. The summed E-state index contributed by atoms with van der Waals surface area (Å²) >= 11 is 0. The Bertz CT molecular complexity index is 491. The van der Waals surface area contributed by atoms with Crippen LogP contribution in [0.15, 0.2) is 24.8 Å². The van der Waals surface area contributed by atoms with Crippen molar-refractivity contribution in [2.24, 2.45) is 11.8 Å². The smallest absolute Gasteiger partial charge is 0 e. The molecule has 0 fully saturated rings. The maximum Gasteiger partial charge on any atom is 0 e. The van der Waals surface area contributed by atoms with Crippen LogP contribution in [0.2, 0.25) is 0 Å². The van der Waals surface area contributed by atoms with Gasteiger partial charge in [-0.15, -0.1) is 12.7 Å². The van der Waals surface area contributed by atoms with E-state index in [0.29, 0.717) is 0 Å². The van der Waals surface area contributed by atoms with E-state index in [1.54, 1.807) is 6.92 Å². The second kappa shape index (κ2) is 29.3. The van der Waals surface area contributed by atoms with Crippen molar-refractivity contribution in [3.8, 4) is 0 Å². The summed E-state index contributed by atoms with van der Waals surface area (Å²) in [5.41, 5.74) is 0. The summed E-state index contributed by atoms with van der Waals surface area (Å²) in [7, 11) is 2.36. The van der Waals surface area contributed by atoms with E-state index in [1.165, 1.54) is 45.3 Å². The van der Waals surface area contributed by atoms with Crippen LogP contribution in [0.1, 0.15) is 6.92 Å². The summed E-state index contributed by atoms with van der Waals surface area (Å²) in [6.45, 7) is 19.0. The first-order valence-electron chi connectivity index (χ1n) is 6.92. The summed E-state index contributed by atoms with van der Waals surface area (Å²) in [5.74, 6) is -3.78. The predicted molar refractivity (Wildman–Crippen MR) is 87.4 cm³/mol. The van der Waals surface area contributed by atoms with Crippen molar-refractivity contribution in [3.63, 3.8) is 0 Å². The molecule has 0 N–H and O–H groups in total. The summed E-state index contributed by atoms with van der Waals surface area (Å²) in [4.78, 5) is 34.6. The van der Waals surface area contributed by atoms with E-state index < -0.39 is 29.7 Å². The van der Waals surface area contributed by atoms with Crippen LogP contribution in [0.3, 0.4) is 0 Å². The van der Waals surface area contributed by atoms with Crippen LogP contribution in [-0.2, 0) is 59.6 Å². The molecule has 0 unspecified atom stereocenters. The van der Waals surface area contributed by atoms with Crippen LogP contribution in [0.4, 0.5) is 0 Å². The molecule has 0 spiro atoms. The molecular formula is C18H20FeO9-. The molecule has 28 heavy (non-hydrogen) atoms. The molecule has 0 saturated heterocycles. The van der Waals surface area contributed by atoms with E-state index in [4.69, 9.17) is 18.7 Å². The van der Waals surface area contributed by atoms with Crippen molar-refractivity contribution in [2.45, 2.75) is 6.92 Å². The first-order chi connectivity index (χ1) is 13.0. The van der Waals surface area contributed by atoms with Crippen LogP contribution in [0.5, 0.6) is 0 Å². The minimum absolute atomic E-state index is 0. The Balaban J connectivity index is -0.000000228. The number of esters is 3. The van der Waals surface area contributed by atoms with Gasteiger partial charge < -0.3 is 14.2 Å². The topological polar surface area (TPSA) is 139 Å². The van der Waals surface area contributed by atoms with Crippen LogP contribution in [0, 0.1) is 44.6 Å². The first-order valence-corrected chi connectivity index (χ1v) is 6.92. The van der Waals surface area contributed by atoms with E-state index in [1.807, 2.05) is 0 Å². The quantitative estimate of drug-likeness (QED) is 0.101. The van der Waals surface area contributed by atoms with Gasteiger partial charge in [0.25, 0.3) is 0 Å². The van der Waals surface area contributed by atoms with Gasteiger partial charge in [0.1, 0.15) is 5.92 Å². The zero-order valence-electron chi connectivity index (χ0n) is 15.5. The van der Waals surface area contributed by atoms with Crippen LogP contribution in [0.25, 0.3) is 0 Å². The Morgan fingerprint density at radius 2 is 1.46 bits per heavy atom. The largest absolute Gasteiger partial charge is 0 e. The van der Waals surface area contributed by atoms with Gasteiger partial charge in [-0.2, -0.15) is 0 Å². The van der Waals surface area contributed by atoms with Gasteiger partial charge in [0.2, 0.25) is 5.97 Å². The average Bonchev–Trinajstić information content (AvgIpc) is 2.72. The van der Waals surface area contributed by atoms with Crippen molar-refractivity contribution < 1.29 is 59.6 Å². The number of hydrogen-bond donors (Lipinski definition) is 0. The van der Waals surface area contributed by atoms with Crippen molar-refractivity contribution >= 4 is 17.9 Å². The zero-order chi connectivity index (χ0) is 22.3. The van der Waals surface area contributed by atoms with E-state index in [0.717, 1.165) is 0 Å². The molecule has 0 aromatic rings. The number of allylic oxidation sites excluding steroid dienone is 2. The fraction of sp³-hybridized carbons (Fsp3) is 0.333. The van der Waals surface area contributed by atoms with E-state index in [-0.39, 0.29) is 23.7 Å². The molecule has 0 amide bonds. The molecule has 0 saturated carbocycles. The number of rotatable bonds is 9. The summed E-state index contributed by atoms with van der Waals surface area (Å²) in [6, 6.07) is 0. The molecule has 9 nitrogen and oxygen atoms in total. The van der Waals surface area contributed by atoms with Crippen molar-refractivity contribution in [3.05, 3.63) is 57.6 Å². The third-order valence-electron chi connectivity index (χ3n) is 2.51. The fourth-order valence-electron chi connectivity index (χ4n) is 1.56. The third-order valence-corrected chi connectivity index (χ3v) is 2.51. The van der Waals surface area contributed by atoms with E-state index >= 15 is 0 Å². The maximum absolute atomic E-state index is 11.7. The van der Waals surface area contributed by atoms with Crippen molar-refractivity contribution in [1.82, 2.24) is 0 Å². The van der Waals surface area contributed by atoms with Gasteiger partial charge in [-0.25, -0.2) is 12.5 Å². The second-order valence-electron chi connectivity index (χ2n) is 3.83. The minimum atomic E-state index is -1.16. The number of hydrogen-bond acceptors (Lipinski definition) is 6. The molecule has 0 bridgehead atoms. The molecule has 0 aliphatic rings. The molecule has 0 rings (SSSR count). The van der Waals surface area contributed by atoms with Gasteiger partial charge in [0.05, 0.1) is 20.8 Å². The Morgan fingerprint density at radius 3 is 1.79 bits per heavy atom. The van der Waals surface area contributed by atoms with Crippen LogP contribution >= 0.6 is 0 Å². The first kappa shape index (κ1) is 36.4. The molecule has 0 aromatic carbocycles. The number of methoxy groups -OCH3 is 2. The number of ether oxygens (including phenoxy) is 3. The van der Waals surface area contributed by atoms with Crippen LogP contribution < -0.4 is 0 Å². The Morgan fingerprint density at radius 1 is 1.04 bits per heavy atom. The van der Waals surface area contributed by atoms with E-state index in [2.05, 4.69) is 36.0 Å². The monoisotopic (exact) mass is 436 g/mol. The molecule has 155 valence electrons. The van der Waals surface area contributed by atoms with Crippen LogP contribution in [-0.4, -0.2) is 38.7 Å². The SMILES string of the molecule is C=C[CH][C@@H]([CH-]/C=C/C(=O)OCC)C(C(=O)OC)C(=O)OC.[C-]#[O+].[C-]#[O+].[C-]#[O+].[Fe]. The Kier molecular flexibility index (Phi) is 38.1. The predicted octanol–water partition coefficient (Wildman–Crippen LogP) is 1.16. The third kappa shape index (κ3) is 18.3. The average molecular weight is 436 g/mol. The number of carbonyl (C=O) groups excluding carboxylic acids is 3. The fourth-order valence-corrected chi connectivity index (χ4v) is 1.56.